The lowest BCUT2D eigenvalue weighted by atomic mass is 9.63. The second-order valence-corrected chi connectivity index (χ2v) is 8.38. The summed E-state index contributed by atoms with van der Waals surface area (Å²) in [6.07, 6.45) is 6.99. The van der Waals surface area contributed by atoms with E-state index >= 15 is 0 Å². The number of hydrogen-bond acceptors (Lipinski definition) is 4. The molecule has 6 heteroatoms. The Bertz CT molecular complexity index is 1040. The van der Waals surface area contributed by atoms with E-state index in [2.05, 4.69) is 22.5 Å². The molecular weight excluding hydrogens is 354 g/mol. The van der Waals surface area contributed by atoms with Gasteiger partial charge in [-0.1, -0.05) is 30.4 Å². The van der Waals surface area contributed by atoms with E-state index in [1.165, 1.54) is 4.90 Å². The maximum Gasteiger partial charge on any atom is 0.244 e. The van der Waals surface area contributed by atoms with E-state index in [4.69, 9.17) is 0 Å². The van der Waals surface area contributed by atoms with E-state index < -0.39 is 0 Å². The number of likely N-dealkylation sites (tertiary alicyclic amines) is 1. The van der Waals surface area contributed by atoms with Gasteiger partial charge in [0.25, 0.3) is 0 Å². The summed E-state index contributed by atoms with van der Waals surface area (Å²) in [7, 11) is 0. The Morgan fingerprint density at radius 3 is 2.46 bits per heavy atom. The van der Waals surface area contributed by atoms with Crippen LogP contribution in [0.4, 0.5) is 5.69 Å². The van der Waals surface area contributed by atoms with Crippen molar-refractivity contribution in [3.05, 3.63) is 48.7 Å². The average molecular weight is 373 g/mol. The molecule has 1 aromatic heterocycles. The number of nitrogens with one attached hydrogen (secondary N) is 1. The van der Waals surface area contributed by atoms with Crippen molar-refractivity contribution >= 4 is 34.3 Å². The number of anilines is 1. The van der Waals surface area contributed by atoms with Crippen molar-refractivity contribution in [3.8, 4) is 0 Å². The lowest BCUT2D eigenvalue weighted by Gasteiger charge is -2.37. The highest BCUT2D eigenvalue weighted by Gasteiger charge is 2.67. The number of hydrogen-bond donors (Lipinski definition) is 1. The minimum absolute atomic E-state index is 0.175. The number of nitrogens with zero attached hydrogens (tertiary/aromatic N) is 2. The number of carbonyl (C=O) groups is 3. The second-order valence-electron chi connectivity index (χ2n) is 8.38. The SMILES string of the molecule is O=C(CN1C(=O)[C@@H]2[C@H]3C=C[C@@H]([C@@H]4C[C@H]34)[C@H]2C1=O)Nc1cnc2ccccc2c1. The van der Waals surface area contributed by atoms with E-state index in [0.717, 1.165) is 17.3 Å². The van der Waals surface area contributed by atoms with Crippen LogP contribution in [0.3, 0.4) is 0 Å². The van der Waals surface area contributed by atoms with Crippen molar-refractivity contribution in [2.45, 2.75) is 6.42 Å². The highest BCUT2D eigenvalue weighted by molar-refractivity contribution is 6.09. The molecule has 28 heavy (non-hydrogen) atoms. The van der Waals surface area contributed by atoms with Crippen LogP contribution < -0.4 is 5.32 Å². The van der Waals surface area contributed by atoms with Crippen molar-refractivity contribution in [1.82, 2.24) is 9.88 Å². The quantitative estimate of drug-likeness (QED) is 0.661. The van der Waals surface area contributed by atoms with Crippen LogP contribution in [0.2, 0.25) is 0 Å². The molecule has 2 bridgehead atoms. The Kier molecular flexibility index (Phi) is 3.14. The van der Waals surface area contributed by atoms with E-state index in [1.807, 2.05) is 30.3 Å². The summed E-state index contributed by atoms with van der Waals surface area (Å²) in [5.41, 5.74) is 1.40. The topological polar surface area (TPSA) is 79.4 Å². The third-order valence-electron chi connectivity index (χ3n) is 6.93. The number of rotatable bonds is 3. The van der Waals surface area contributed by atoms with Crippen LogP contribution in [-0.4, -0.2) is 34.2 Å². The second kappa shape index (κ2) is 5.50. The smallest absolute Gasteiger partial charge is 0.244 e. The molecule has 3 amide bonds. The molecule has 1 N–H and O–H groups in total. The first-order valence-electron chi connectivity index (χ1n) is 9.80. The number of imide groups is 1. The van der Waals surface area contributed by atoms with Gasteiger partial charge in [-0.3, -0.25) is 24.3 Å². The zero-order valence-electron chi connectivity index (χ0n) is 15.1. The van der Waals surface area contributed by atoms with Crippen molar-refractivity contribution in [2.75, 3.05) is 11.9 Å². The zero-order chi connectivity index (χ0) is 19.0. The summed E-state index contributed by atoms with van der Waals surface area (Å²) in [4.78, 5) is 43.9. The van der Waals surface area contributed by atoms with Crippen molar-refractivity contribution in [1.29, 1.82) is 0 Å². The van der Waals surface area contributed by atoms with Gasteiger partial charge < -0.3 is 5.32 Å². The van der Waals surface area contributed by atoms with Gasteiger partial charge in [-0.15, -0.1) is 0 Å². The van der Waals surface area contributed by atoms with Gasteiger partial charge in [-0.25, -0.2) is 0 Å². The first kappa shape index (κ1) is 16.0. The molecule has 1 aliphatic heterocycles. The summed E-state index contributed by atoms with van der Waals surface area (Å²) in [6.45, 7) is -0.230. The summed E-state index contributed by atoms with van der Waals surface area (Å²) in [5.74, 6) is 0.225. The van der Waals surface area contributed by atoms with Crippen molar-refractivity contribution in [2.24, 2.45) is 35.5 Å². The van der Waals surface area contributed by atoms with Gasteiger partial charge in [0.05, 0.1) is 29.2 Å². The molecule has 2 saturated carbocycles. The van der Waals surface area contributed by atoms with Crippen LogP contribution in [0, 0.1) is 35.5 Å². The Morgan fingerprint density at radius 2 is 1.75 bits per heavy atom. The number of para-hydroxylation sites is 1. The van der Waals surface area contributed by atoms with Gasteiger partial charge in [-0.05, 0) is 42.2 Å². The number of carbonyl (C=O) groups excluding carboxylic acids is 3. The number of fused-ring (bicyclic) bond motifs is 1. The molecule has 2 aromatic rings. The molecule has 5 aliphatic rings. The monoisotopic (exact) mass is 373 g/mol. The van der Waals surface area contributed by atoms with Crippen LogP contribution >= 0.6 is 0 Å². The van der Waals surface area contributed by atoms with Gasteiger partial charge in [0.15, 0.2) is 0 Å². The molecule has 140 valence electrons. The van der Waals surface area contributed by atoms with Crippen LogP contribution in [0.25, 0.3) is 10.9 Å². The summed E-state index contributed by atoms with van der Waals surface area (Å²) < 4.78 is 0. The zero-order valence-corrected chi connectivity index (χ0v) is 15.1. The van der Waals surface area contributed by atoms with Gasteiger partial charge in [0, 0.05) is 5.39 Å². The van der Waals surface area contributed by atoms with E-state index in [-0.39, 0.29) is 47.9 Å². The number of amides is 3. The highest BCUT2D eigenvalue weighted by Crippen LogP contribution is 2.65. The molecule has 1 aromatic carbocycles. The third kappa shape index (κ3) is 2.14. The lowest BCUT2D eigenvalue weighted by molar-refractivity contribution is -0.142. The predicted octanol–water partition coefficient (Wildman–Crippen LogP) is 2.23. The maximum absolute atomic E-state index is 12.9. The largest absolute Gasteiger partial charge is 0.323 e. The maximum atomic E-state index is 12.9. The van der Waals surface area contributed by atoms with Gasteiger partial charge >= 0.3 is 0 Å². The fourth-order valence-electron chi connectivity index (χ4n) is 5.66. The van der Waals surface area contributed by atoms with Gasteiger partial charge in [0.1, 0.15) is 6.54 Å². The van der Waals surface area contributed by atoms with Gasteiger partial charge in [0.2, 0.25) is 17.7 Å². The fourth-order valence-corrected chi connectivity index (χ4v) is 5.66. The predicted molar refractivity (Wildman–Crippen MR) is 102 cm³/mol. The molecule has 3 fully saturated rings. The summed E-state index contributed by atoms with van der Waals surface area (Å²) in [6, 6.07) is 9.47. The highest BCUT2D eigenvalue weighted by atomic mass is 16.2. The minimum Gasteiger partial charge on any atom is -0.323 e. The van der Waals surface area contributed by atoms with Gasteiger partial charge in [-0.2, -0.15) is 0 Å². The summed E-state index contributed by atoms with van der Waals surface area (Å²) >= 11 is 0. The van der Waals surface area contributed by atoms with E-state index in [9.17, 15) is 14.4 Å². The minimum atomic E-state index is -0.372. The molecule has 0 unspecified atom stereocenters. The molecule has 7 rings (SSSR count). The normalized spacial score (nSPS) is 34.5. The number of aromatic nitrogens is 1. The molecule has 1 saturated heterocycles. The van der Waals surface area contributed by atoms with Crippen LogP contribution in [0.15, 0.2) is 48.7 Å². The number of pyridine rings is 1. The molecule has 2 heterocycles. The average Bonchev–Trinajstić information content (AvgIpc) is 3.49. The van der Waals surface area contributed by atoms with Crippen molar-refractivity contribution < 1.29 is 14.4 Å². The first-order chi connectivity index (χ1) is 13.6. The molecule has 0 spiro atoms. The molecule has 6 nitrogen and oxygen atoms in total. The summed E-state index contributed by atoms with van der Waals surface area (Å²) in [5, 5.41) is 3.69. The van der Waals surface area contributed by atoms with E-state index in [0.29, 0.717) is 17.5 Å². The number of allylic oxidation sites excluding steroid dienone is 2. The standard InChI is InChI=1S/C22H19N3O3/c26-18(24-12-7-11-3-1-2-4-17(11)23-9-12)10-25-21(27)19-13-5-6-14(16-8-15(13)16)20(19)22(25)28/h1-7,9,13-16,19-20H,8,10H2,(H,24,26)/t13-,14-,15-,16+,19+,20+/m0/s1. The van der Waals surface area contributed by atoms with Crippen molar-refractivity contribution in [3.63, 3.8) is 0 Å². The number of benzene rings is 1. The fraction of sp³-hybridized carbons (Fsp3) is 0.364. The molecule has 4 aliphatic carbocycles. The van der Waals surface area contributed by atoms with E-state index in [1.54, 1.807) is 6.20 Å². The lowest BCUT2D eigenvalue weighted by Crippen LogP contribution is -2.40. The molecule has 6 atom stereocenters. The Balaban J connectivity index is 1.20. The van der Waals surface area contributed by atoms with Crippen LogP contribution in [-0.2, 0) is 14.4 Å². The molecule has 0 radical (unpaired) electrons. The van der Waals surface area contributed by atoms with Crippen LogP contribution in [0.5, 0.6) is 0 Å². The first-order valence-corrected chi connectivity index (χ1v) is 9.80. The molecular formula is C22H19N3O3. The Hall–Kier alpha value is -3.02. The van der Waals surface area contributed by atoms with Crippen LogP contribution in [0.1, 0.15) is 6.42 Å². The Labute approximate surface area is 161 Å². The third-order valence-corrected chi connectivity index (χ3v) is 6.93. The Morgan fingerprint density at radius 1 is 1.07 bits per heavy atom.